The molecular weight excluding hydrogens is 252 g/mol. The van der Waals surface area contributed by atoms with E-state index >= 15 is 0 Å². The van der Waals surface area contributed by atoms with Gasteiger partial charge in [-0.05, 0) is 38.5 Å². The van der Waals surface area contributed by atoms with Crippen molar-refractivity contribution in [2.45, 2.75) is 77.6 Å². The zero-order chi connectivity index (χ0) is 14.8. The van der Waals surface area contributed by atoms with Crippen LogP contribution in [0.2, 0.25) is 0 Å². The maximum Gasteiger partial charge on any atom is 0.241 e. The van der Waals surface area contributed by atoms with E-state index in [2.05, 4.69) is 33.0 Å². The number of ether oxygens (including phenoxy) is 1. The van der Waals surface area contributed by atoms with Crippen LogP contribution in [-0.4, -0.2) is 41.8 Å². The summed E-state index contributed by atoms with van der Waals surface area (Å²) in [5.74, 6) is 0.856. The lowest BCUT2D eigenvalue weighted by Gasteiger charge is -2.33. The van der Waals surface area contributed by atoms with Gasteiger partial charge in [0.2, 0.25) is 5.91 Å². The average molecular weight is 282 g/mol. The van der Waals surface area contributed by atoms with Crippen LogP contribution in [-0.2, 0) is 9.53 Å². The number of hydrogen-bond donors (Lipinski definition) is 1. The van der Waals surface area contributed by atoms with E-state index in [-0.39, 0.29) is 23.7 Å². The predicted octanol–water partition coefficient (Wildman–Crippen LogP) is 2.53. The van der Waals surface area contributed by atoms with Gasteiger partial charge in [0.25, 0.3) is 0 Å². The van der Waals surface area contributed by atoms with Crippen molar-refractivity contribution in [2.24, 2.45) is 5.92 Å². The van der Waals surface area contributed by atoms with Crippen molar-refractivity contribution >= 4 is 5.91 Å². The molecule has 116 valence electrons. The fourth-order valence-corrected chi connectivity index (χ4v) is 3.39. The summed E-state index contributed by atoms with van der Waals surface area (Å²) in [5.41, 5.74) is -0.145. The van der Waals surface area contributed by atoms with Crippen molar-refractivity contribution in [3.05, 3.63) is 0 Å². The highest BCUT2D eigenvalue weighted by Crippen LogP contribution is 2.29. The second-order valence-electron chi connectivity index (χ2n) is 7.02. The van der Waals surface area contributed by atoms with Gasteiger partial charge in [0, 0.05) is 6.61 Å². The minimum absolute atomic E-state index is 0.00810. The van der Waals surface area contributed by atoms with Gasteiger partial charge in [0.05, 0.1) is 24.4 Å². The van der Waals surface area contributed by atoms with Gasteiger partial charge in [-0.2, -0.15) is 0 Å². The van der Waals surface area contributed by atoms with Gasteiger partial charge in [0.1, 0.15) is 0 Å². The largest absolute Gasteiger partial charge is 0.373 e. The molecule has 2 aliphatic heterocycles. The third kappa shape index (κ3) is 3.53. The molecule has 1 amide bonds. The van der Waals surface area contributed by atoms with E-state index < -0.39 is 0 Å². The molecule has 2 saturated heterocycles. The van der Waals surface area contributed by atoms with Gasteiger partial charge in [-0.15, -0.1) is 0 Å². The minimum Gasteiger partial charge on any atom is -0.373 e. The number of hydrogen-bond acceptors (Lipinski definition) is 3. The first-order chi connectivity index (χ1) is 9.45. The summed E-state index contributed by atoms with van der Waals surface area (Å²) in [6.45, 7) is 10.3. The standard InChI is InChI=1S/C16H30N2O2/c1-5-7-13-15(19)18(14(17-13)10-12(2)3)11-16(4)8-6-9-20-16/h12-14,17H,5-11H2,1-4H3. The van der Waals surface area contributed by atoms with Gasteiger partial charge in [-0.3, -0.25) is 10.1 Å². The zero-order valence-corrected chi connectivity index (χ0v) is 13.4. The fraction of sp³-hybridized carbons (Fsp3) is 0.938. The van der Waals surface area contributed by atoms with Crippen LogP contribution >= 0.6 is 0 Å². The van der Waals surface area contributed by atoms with Crippen LogP contribution < -0.4 is 5.32 Å². The molecule has 0 aliphatic carbocycles. The molecule has 3 unspecified atom stereocenters. The second-order valence-corrected chi connectivity index (χ2v) is 7.02. The highest BCUT2D eigenvalue weighted by molar-refractivity contribution is 5.84. The Kier molecular flexibility index (Phi) is 5.08. The summed E-state index contributed by atoms with van der Waals surface area (Å²) in [6.07, 6.45) is 5.34. The zero-order valence-electron chi connectivity index (χ0n) is 13.4. The average Bonchev–Trinajstić information content (AvgIpc) is 2.90. The number of nitrogens with zero attached hydrogens (tertiary/aromatic N) is 1. The molecule has 2 aliphatic rings. The first-order valence-electron chi connectivity index (χ1n) is 8.15. The first kappa shape index (κ1) is 15.8. The molecule has 20 heavy (non-hydrogen) atoms. The summed E-state index contributed by atoms with van der Waals surface area (Å²) < 4.78 is 5.88. The van der Waals surface area contributed by atoms with Crippen LogP contribution in [0.4, 0.5) is 0 Å². The van der Waals surface area contributed by atoms with Crippen LogP contribution in [0.25, 0.3) is 0 Å². The first-order valence-corrected chi connectivity index (χ1v) is 8.15. The third-order valence-electron chi connectivity index (χ3n) is 4.43. The van der Waals surface area contributed by atoms with E-state index in [1.807, 2.05) is 4.90 Å². The number of nitrogens with one attached hydrogen (secondary N) is 1. The summed E-state index contributed by atoms with van der Waals surface area (Å²) in [4.78, 5) is 14.7. The maximum absolute atomic E-state index is 12.6. The fourth-order valence-electron chi connectivity index (χ4n) is 3.39. The van der Waals surface area contributed by atoms with Gasteiger partial charge in [-0.25, -0.2) is 0 Å². The van der Waals surface area contributed by atoms with E-state index in [0.717, 1.165) is 45.3 Å². The quantitative estimate of drug-likeness (QED) is 0.814. The summed E-state index contributed by atoms with van der Waals surface area (Å²) >= 11 is 0. The highest BCUT2D eigenvalue weighted by Gasteiger charge is 2.43. The number of rotatable bonds is 6. The number of amides is 1. The Balaban J connectivity index is 2.06. The van der Waals surface area contributed by atoms with Crippen LogP contribution in [0.15, 0.2) is 0 Å². The lowest BCUT2D eigenvalue weighted by molar-refractivity contribution is -0.134. The second kappa shape index (κ2) is 6.44. The Bertz CT molecular complexity index is 337. The summed E-state index contributed by atoms with van der Waals surface area (Å²) in [7, 11) is 0. The Morgan fingerprint density at radius 1 is 1.50 bits per heavy atom. The maximum atomic E-state index is 12.6. The van der Waals surface area contributed by atoms with Crippen LogP contribution in [0.3, 0.4) is 0 Å². The Morgan fingerprint density at radius 2 is 2.25 bits per heavy atom. The van der Waals surface area contributed by atoms with Crippen LogP contribution in [0, 0.1) is 5.92 Å². The molecule has 4 nitrogen and oxygen atoms in total. The Morgan fingerprint density at radius 3 is 2.80 bits per heavy atom. The highest BCUT2D eigenvalue weighted by atomic mass is 16.5. The van der Waals surface area contributed by atoms with E-state index in [1.165, 1.54) is 0 Å². The molecule has 0 aromatic rings. The molecule has 3 atom stereocenters. The lowest BCUT2D eigenvalue weighted by Crippen LogP contribution is -2.47. The van der Waals surface area contributed by atoms with Gasteiger partial charge >= 0.3 is 0 Å². The molecule has 0 radical (unpaired) electrons. The van der Waals surface area contributed by atoms with Crippen molar-refractivity contribution in [1.29, 1.82) is 0 Å². The Labute approximate surface area is 123 Å². The molecule has 0 spiro atoms. The molecule has 2 rings (SSSR count). The third-order valence-corrected chi connectivity index (χ3v) is 4.43. The smallest absolute Gasteiger partial charge is 0.241 e. The van der Waals surface area contributed by atoms with Crippen molar-refractivity contribution in [2.75, 3.05) is 13.2 Å². The minimum atomic E-state index is -0.145. The van der Waals surface area contributed by atoms with E-state index in [9.17, 15) is 4.79 Å². The van der Waals surface area contributed by atoms with E-state index in [0.29, 0.717) is 5.92 Å². The van der Waals surface area contributed by atoms with E-state index in [1.54, 1.807) is 0 Å². The van der Waals surface area contributed by atoms with E-state index in [4.69, 9.17) is 4.74 Å². The molecular formula is C16H30N2O2. The number of carbonyl (C=O) groups is 1. The lowest BCUT2D eigenvalue weighted by atomic mass is 10.0. The molecule has 4 heteroatoms. The van der Waals surface area contributed by atoms with Crippen molar-refractivity contribution in [3.8, 4) is 0 Å². The predicted molar refractivity (Wildman–Crippen MR) is 80.4 cm³/mol. The molecule has 2 heterocycles. The monoisotopic (exact) mass is 282 g/mol. The van der Waals surface area contributed by atoms with Crippen LogP contribution in [0.1, 0.15) is 59.8 Å². The Hall–Kier alpha value is -0.610. The molecule has 0 saturated carbocycles. The van der Waals surface area contributed by atoms with Gasteiger partial charge < -0.3 is 9.64 Å². The normalized spacial score (nSPS) is 34.5. The van der Waals surface area contributed by atoms with Gasteiger partial charge in [-0.1, -0.05) is 27.2 Å². The molecule has 0 aromatic heterocycles. The summed E-state index contributed by atoms with van der Waals surface area (Å²) in [6, 6.07) is 0.00810. The summed E-state index contributed by atoms with van der Waals surface area (Å²) in [5, 5.41) is 3.54. The molecule has 1 N–H and O–H groups in total. The topological polar surface area (TPSA) is 41.6 Å². The van der Waals surface area contributed by atoms with Crippen molar-refractivity contribution in [1.82, 2.24) is 10.2 Å². The SMILES string of the molecule is CCCC1NC(CC(C)C)N(CC2(C)CCCO2)C1=O. The van der Waals surface area contributed by atoms with Crippen molar-refractivity contribution in [3.63, 3.8) is 0 Å². The van der Waals surface area contributed by atoms with Crippen LogP contribution in [0.5, 0.6) is 0 Å². The molecule has 0 aromatic carbocycles. The molecule has 2 fully saturated rings. The molecule has 0 bridgehead atoms. The van der Waals surface area contributed by atoms with Gasteiger partial charge in [0.15, 0.2) is 0 Å². The van der Waals surface area contributed by atoms with Crippen molar-refractivity contribution < 1.29 is 9.53 Å². The number of carbonyl (C=O) groups excluding carboxylic acids is 1.